The molecule has 0 radical (unpaired) electrons. The molecule has 2 nitrogen and oxygen atoms in total. The summed E-state index contributed by atoms with van der Waals surface area (Å²) in [6.07, 6.45) is -3.80. The zero-order valence-electron chi connectivity index (χ0n) is 6.90. The van der Waals surface area contributed by atoms with Crippen molar-refractivity contribution in [3.63, 3.8) is 0 Å². The number of hydrogen-bond donors (Lipinski definition) is 1. The van der Waals surface area contributed by atoms with Crippen LogP contribution in [0.2, 0.25) is 0 Å². The zero-order chi connectivity index (χ0) is 9.61. The van der Waals surface area contributed by atoms with Crippen molar-refractivity contribution in [3.05, 3.63) is 0 Å². The van der Waals surface area contributed by atoms with E-state index in [1.807, 2.05) is 0 Å². The smallest absolute Gasteiger partial charge is 0.396 e. The number of aliphatic hydroxyl groups excluding tert-OH is 1. The van der Waals surface area contributed by atoms with Crippen molar-refractivity contribution >= 4 is 0 Å². The van der Waals surface area contributed by atoms with Gasteiger partial charge in [-0.1, -0.05) is 6.92 Å². The van der Waals surface area contributed by atoms with Crippen molar-refractivity contribution in [1.29, 1.82) is 0 Å². The van der Waals surface area contributed by atoms with Crippen molar-refractivity contribution < 1.29 is 23.0 Å². The van der Waals surface area contributed by atoms with Gasteiger partial charge in [0.2, 0.25) is 0 Å². The molecule has 74 valence electrons. The Labute approximate surface area is 69.3 Å². The summed E-state index contributed by atoms with van der Waals surface area (Å²) in [6.45, 7) is 0.568. The topological polar surface area (TPSA) is 29.5 Å². The highest BCUT2D eigenvalue weighted by Gasteiger charge is 2.27. The van der Waals surface area contributed by atoms with E-state index in [1.54, 1.807) is 6.92 Å². The fourth-order valence-electron chi connectivity index (χ4n) is 0.564. The molecule has 0 heterocycles. The molecule has 0 aromatic rings. The Balaban J connectivity index is 3.22. The van der Waals surface area contributed by atoms with Crippen LogP contribution >= 0.6 is 0 Å². The van der Waals surface area contributed by atoms with E-state index < -0.39 is 12.8 Å². The molecular formula is C7H13F3O2. The summed E-state index contributed by atoms with van der Waals surface area (Å²) in [7, 11) is 0. The van der Waals surface area contributed by atoms with Gasteiger partial charge in [0.05, 0.1) is 0 Å². The van der Waals surface area contributed by atoms with Gasteiger partial charge >= 0.3 is 6.18 Å². The quantitative estimate of drug-likeness (QED) is 0.660. The normalized spacial score (nSPS) is 14.8. The van der Waals surface area contributed by atoms with E-state index in [4.69, 9.17) is 5.11 Å². The van der Waals surface area contributed by atoms with E-state index in [1.165, 1.54) is 0 Å². The number of ether oxygens (including phenoxy) is 1. The molecule has 1 atom stereocenters. The van der Waals surface area contributed by atoms with Crippen LogP contribution in [0.5, 0.6) is 0 Å². The largest absolute Gasteiger partial charge is 0.411 e. The van der Waals surface area contributed by atoms with Crippen LogP contribution in [0.15, 0.2) is 0 Å². The summed E-state index contributed by atoms with van der Waals surface area (Å²) in [5.74, 6) is -0.00164. The zero-order valence-corrected chi connectivity index (χ0v) is 6.90. The second-order valence-electron chi connectivity index (χ2n) is 2.74. The third-order valence-corrected chi connectivity index (χ3v) is 1.33. The Kier molecular flexibility index (Phi) is 5.24. The first-order valence-electron chi connectivity index (χ1n) is 3.71. The highest BCUT2D eigenvalue weighted by molar-refractivity contribution is 4.50. The number of rotatable bonds is 5. The molecule has 12 heavy (non-hydrogen) atoms. The third-order valence-electron chi connectivity index (χ3n) is 1.33. The van der Waals surface area contributed by atoms with Gasteiger partial charge in [-0.15, -0.1) is 0 Å². The lowest BCUT2D eigenvalue weighted by Crippen LogP contribution is -2.18. The van der Waals surface area contributed by atoms with Gasteiger partial charge < -0.3 is 9.84 Å². The summed E-state index contributed by atoms with van der Waals surface area (Å²) in [6, 6.07) is 0. The lowest BCUT2D eigenvalue weighted by Gasteiger charge is -2.09. The molecule has 0 saturated heterocycles. The first kappa shape index (κ1) is 11.7. The molecule has 0 aliphatic heterocycles. The number of hydrogen-bond acceptors (Lipinski definition) is 2. The standard InChI is InChI=1S/C7H13F3O2/c1-6(4-11)2-3-12-5-7(8,9)10/h6,11H,2-5H2,1H3. The minimum Gasteiger partial charge on any atom is -0.396 e. The molecule has 1 N–H and O–H groups in total. The monoisotopic (exact) mass is 186 g/mol. The lowest BCUT2D eigenvalue weighted by molar-refractivity contribution is -0.174. The molecule has 0 bridgehead atoms. The van der Waals surface area contributed by atoms with Crippen LogP contribution in [0.25, 0.3) is 0 Å². The van der Waals surface area contributed by atoms with Gasteiger partial charge in [0.25, 0.3) is 0 Å². The first-order chi connectivity index (χ1) is 5.45. The SMILES string of the molecule is CC(CO)CCOCC(F)(F)F. The molecule has 0 aromatic carbocycles. The number of halogens is 3. The minimum absolute atomic E-state index is 0.00164. The second kappa shape index (κ2) is 5.37. The molecule has 0 amide bonds. The molecule has 0 spiro atoms. The molecule has 0 aromatic heterocycles. The minimum atomic E-state index is -4.25. The lowest BCUT2D eigenvalue weighted by atomic mass is 10.1. The van der Waals surface area contributed by atoms with Gasteiger partial charge in [-0.25, -0.2) is 0 Å². The van der Waals surface area contributed by atoms with Crippen LogP contribution in [0.4, 0.5) is 13.2 Å². The molecule has 1 unspecified atom stereocenters. The van der Waals surface area contributed by atoms with Gasteiger partial charge in [-0.05, 0) is 12.3 Å². The van der Waals surface area contributed by atoms with Crippen LogP contribution in [0.1, 0.15) is 13.3 Å². The van der Waals surface area contributed by atoms with E-state index >= 15 is 0 Å². The van der Waals surface area contributed by atoms with E-state index in [0.29, 0.717) is 6.42 Å². The summed E-state index contributed by atoms with van der Waals surface area (Å²) in [5.41, 5.74) is 0. The summed E-state index contributed by atoms with van der Waals surface area (Å²) >= 11 is 0. The highest BCUT2D eigenvalue weighted by atomic mass is 19.4. The van der Waals surface area contributed by atoms with Gasteiger partial charge in [0.1, 0.15) is 6.61 Å². The van der Waals surface area contributed by atoms with Crippen molar-refractivity contribution in [2.24, 2.45) is 5.92 Å². The number of alkyl halides is 3. The molecule has 0 aliphatic carbocycles. The predicted octanol–water partition coefficient (Wildman–Crippen LogP) is 1.58. The second-order valence-corrected chi connectivity index (χ2v) is 2.74. The van der Waals surface area contributed by atoms with Crippen molar-refractivity contribution in [3.8, 4) is 0 Å². The Morgan fingerprint density at radius 3 is 2.42 bits per heavy atom. The Bertz CT molecular complexity index is 114. The first-order valence-corrected chi connectivity index (χ1v) is 3.71. The van der Waals surface area contributed by atoms with Crippen LogP contribution in [-0.4, -0.2) is 31.1 Å². The Morgan fingerprint density at radius 2 is 2.00 bits per heavy atom. The van der Waals surface area contributed by atoms with Crippen molar-refractivity contribution in [2.45, 2.75) is 19.5 Å². The van der Waals surface area contributed by atoms with Crippen LogP contribution in [0, 0.1) is 5.92 Å². The summed E-state index contributed by atoms with van der Waals surface area (Å²) in [4.78, 5) is 0. The maximum absolute atomic E-state index is 11.5. The molecule has 0 fully saturated rings. The molecular weight excluding hydrogens is 173 g/mol. The fraction of sp³-hybridized carbons (Fsp3) is 1.00. The highest BCUT2D eigenvalue weighted by Crippen LogP contribution is 2.14. The molecule has 0 saturated carbocycles. The maximum Gasteiger partial charge on any atom is 0.411 e. The van der Waals surface area contributed by atoms with Gasteiger partial charge in [0, 0.05) is 13.2 Å². The maximum atomic E-state index is 11.5. The fourth-order valence-corrected chi connectivity index (χ4v) is 0.564. The molecule has 5 heteroatoms. The van der Waals surface area contributed by atoms with Gasteiger partial charge in [-0.3, -0.25) is 0 Å². The van der Waals surface area contributed by atoms with Crippen LogP contribution in [-0.2, 0) is 4.74 Å². The average molecular weight is 186 g/mol. The summed E-state index contributed by atoms with van der Waals surface area (Å²) in [5, 5.41) is 8.52. The van der Waals surface area contributed by atoms with Gasteiger partial charge in [0.15, 0.2) is 0 Å². The van der Waals surface area contributed by atoms with Gasteiger partial charge in [-0.2, -0.15) is 13.2 Å². The van der Waals surface area contributed by atoms with E-state index in [-0.39, 0.29) is 19.1 Å². The van der Waals surface area contributed by atoms with E-state index in [0.717, 1.165) is 0 Å². The van der Waals surface area contributed by atoms with Crippen molar-refractivity contribution in [1.82, 2.24) is 0 Å². The Morgan fingerprint density at radius 1 is 1.42 bits per heavy atom. The summed E-state index contributed by atoms with van der Waals surface area (Å²) < 4.78 is 38.8. The van der Waals surface area contributed by atoms with Crippen LogP contribution in [0.3, 0.4) is 0 Å². The number of aliphatic hydroxyl groups is 1. The van der Waals surface area contributed by atoms with Crippen molar-refractivity contribution in [2.75, 3.05) is 19.8 Å². The van der Waals surface area contributed by atoms with E-state index in [2.05, 4.69) is 4.74 Å². The average Bonchev–Trinajstić information content (AvgIpc) is 1.96. The predicted molar refractivity (Wildman–Crippen MR) is 37.7 cm³/mol. The Hall–Kier alpha value is -0.290. The molecule has 0 aliphatic rings. The molecule has 0 rings (SSSR count). The van der Waals surface area contributed by atoms with Crippen LogP contribution < -0.4 is 0 Å². The van der Waals surface area contributed by atoms with E-state index in [9.17, 15) is 13.2 Å². The third kappa shape index (κ3) is 7.81.